The van der Waals surface area contributed by atoms with Crippen LogP contribution in [0.4, 0.5) is 5.69 Å². The van der Waals surface area contributed by atoms with Crippen molar-refractivity contribution >= 4 is 44.6 Å². The first kappa shape index (κ1) is 26.8. The number of amides is 1. The molecule has 0 saturated heterocycles. The van der Waals surface area contributed by atoms with Crippen molar-refractivity contribution in [2.75, 3.05) is 5.32 Å². The summed E-state index contributed by atoms with van der Waals surface area (Å²) in [4.78, 5) is 33.5. The lowest BCUT2D eigenvalue weighted by molar-refractivity contribution is -0.138. The number of ether oxygens (including phenoxy) is 1. The van der Waals surface area contributed by atoms with E-state index in [1.165, 1.54) is 25.1 Å². The maximum absolute atomic E-state index is 13.1. The Morgan fingerprint density at radius 2 is 1.75 bits per heavy atom. The van der Waals surface area contributed by atoms with E-state index >= 15 is 0 Å². The number of hydrogen-bond acceptors (Lipinski definition) is 6. The fraction of sp³-hybridized carbons (Fsp3) is 0.269. The molecular weight excluding hydrogens is 484 g/mol. The topological polar surface area (TPSA) is 139 Å². The normalized spacial score (nSPS) is 14.0. The zero-order chi connectivity index (χ0) is 26.5. The maximum Gasteiger partial charge on any atom is 0.305 e. The number of nitrogens with one attached hydrogen (secondary N) is 2. The highest BCUT2D eigenvalue weighted by molar-refractivity contribution is 7.89. The first-order chi connectivity index (χ1) is 17.0. The molecule has 0 radical (unpaired) electrons. The van der Waals surface area contributed by atoms with Crippen LogP contribution >= 0.6 is 0 Å². The molecule has 36 heavy (non-hydrogen) atoms. The molecule has 0 bridgehead atoms. The Bertz CT molecular complexity index is 1380. The monoisotopic (exact) mass is 512 g/mol. The van der Waals surface area contributed by atoms with Crippen molar-refractivity contribution < 1.29 is 32.6 Å². The lowest BCUT2D eigenvalue weighted by Crippen LogP contribution is -2.38. The number of anilines is 1. The van der Waals surface area contributed by atoms with Gasteiger partial charge in [-0.05, 0) is 35.4 Å². The van der Waals surface area contributed by atoms with Crippen molar-refractivity contribution in [1.29, 1.82) is 0 Å². The van der Waals surface area contributed by atoms with Crippen molar-refractivity contribution in [1.82, 2.24) is 4.72 Å². The number of benzene rings is 3. The third kappa shape index (κ3) is 6.46. The largest absolute Gasteiger partial charge is 0.489 e. The number of carbonyl (C=O) groups excluding carboxylic acids is 2. The van der Waals surface area contributed by atoms with Crippen LogP contribution in [-0.2, 0) is 24.4 Å². The SMILES string of the molecule is CC(=O)Nc1ccc(S(=O)(=O)N[C@H](C=O)CC(=O)O)c(O[C@H](C)[C@H](C)c2cccc3ccccc23)c1. The van der Waals surface area contributed by atoms with Gasteiger partial charge in [-0.3, -0.25) is 9.59 Å². The average Bonchev–Trinajstić information content (AvgIpc) is 2.81. The molecule has 0 aliphatic carbocycles. The van der Waals surface area contributed by atoms with Crippen molar-refractivity contribution in [3.05, 3.63) is 66.2 Å². The standard InChI is InChI=1S/C26H28N2O7S/c1-16(22-10-6-8-19-7-4-5-9-23(19)22)17(2)35-24-13-20(27-18(3)30)11-12-25(24)36(33,34)28-21(15-29)14-26(31)32/h4-13,15-17,21,28H,14H2,1-3H3,(H,27,30)(H,31,32)/t16-,17+,21-/m0/s1. The third-order valence-electron chi connectivity index (χ3n) is 5.75. The van der Waals surface area contributed by atoms with Gasteiger partial charge in [0.1, 0.15) is 23.0 Å². The second kappa shape index (κ2) is 11.3. The minimum absolute atomic E-state index is 0.0479. The van der Waals surface area contributed by atoms with Crippen molar-refractivity contribution in [3.63, 3.8) is 0 Å². The molecule has 3 rings (SSSR count). The number of aliphatic carboxylic acids is 1. The Labute approximate surface area is 209 Å². The Morgan fingerprint density at radius 3 is 2.42 bits per heavy atom. The van der Waals surface area contributed by atoms with E-state index in [-0.39, 0.29) is 28.8 Å². The molecule has 0 saturated carbocycles. The molecule has 3 atom stereocenters. The molecule has 0 aliphatic rings. The van der Waals surface area contributed by atoms with E-state index in [2.05, 4.69) is 10.0 Å². The molecule has 0 unspecified atom stereocenters. The minimum atomic E-state index is -4.35. The Kier molecular flexibility index (Phi) is 8.44. The minimum Gasteiger partial charge on any atom is -0.489 e. The quantitative estimate of drug-likeness (QED) is 0.333. The highest BCUT2D eigenvalue weighted by atomic mass is 32.2. The van der Waals surface area contributed by atoms with Crippen LogP contribution in [0.5, 0.6) is 5.75 Å². The Hall–Kier alpha value is -3.76. The van der Waals surface area contributed by atoms with Gasteiger partial charge >= 0.3 is 5.97 Å². The number of carbonyl (C=O) groups is 3. The van der Waals surface area contributed by atoms with Gasteiger partial charge in [0, 0.05) is 24.6 Å². The van der Waals surface area contributed by atoms with E-state index in [9.17, 15) is 22.8 Å². The van der Waals surface area contributed by atoms with Gasteiger partial charge in [0.05, 0.1) is 12.5 Å². The molecule has 0 aliphatic heterocycles. The molecule has 3 aromatic rings. The van der Waals surface area contributed by atoms with Gasteiger partial charge in [0.15, 0.2) is 0 Å². The van der Waals surface area contributed by atoms with Crippen molar-refractivity contribution in [2.24, 2.45) is 0 Å². The molecule has 190 valence electrons. The molecule has 3 aromatic carbocycles. The molecule has 9 nitrogen and oxygen atoms in total. The fourth-order valence-electron chi connectivity index (χ4n) is 3.87. The molecule has 10 heteroatoms. The molecule has 3 N–H and O–H groups in total. The number of hydrogen-bond donors (Lipinski definition) is 3. The zero-order valence-electron chi connectivity index (χ0n) is 20.1. The predicted octanol–water partition coefficient (Wildman–Crippen LogP) is 3.69. The fourth-order valence-corrected chi connectivity index (χ4v) is 5.16. The zero-order valence-corrected chi connectivity index (χ0v) is 20.9. The number of sulfonamides is 1. The Morgan fingerprint density at radius 1 is 1.06 bits per heavy atom. The van der Waals surface area contributed by atoms with Crippen molar-refractivity contribution in [3.8, 4) is 5.75 Å². The van der Waals surface area contributed by atoms with Gasteiger partial charge in [0.2, 0.25) is 15.9 Å². The van der Waals surface area contributed by atoms with Crippen LogP contribution < -0.4 is 14.8 Å². The van der Waals surface area contributed by atoms with Gasteiger partial charge in [0.25, 0.3) is 0 Å². The summed E-state index contributed by atoms with van der Waals surface area (Å²) in [7, 11) is -4.35. The number of carboxylic acid groups (broad SMARTS) is 1. The van der Waals surface area contributed by atoms with E-state index in [1.54, 1.807) is 6.92 Å². The van der Waals surface area contributed by atoms with Crippen LogP contribution in [0.25, 0.3) is 10.8 Å². The summed E-state index contributed by atoms with van der Waals surface area (Å²) in [5, 5.41) is 13.7. The van der Waals surface area contributed by atoms with Gasteiger partial charge in [-0.25, -0.2) is 13.1 Å². The summed E-state index contributed by atoms with van der Waals surface area (Å²) >= 11 is 0. The molecule has 0 aromatic heterocycles. The predicted molar refractivity (Wildman–Crippen MR) is 136 cm³/mol. The van der Waals surface area contributed by atoms with Gasteiger partial charge in [-0.2, -0.15) is 0 Å². The number of aldehydes is 1. The van der Waals surface area contributed by atoms with Crippen LogP contribution in [0.15, 0.2) is 65.6 Å². The smallest absolute Gasteiger partial charge is 0.305 e. The highest BCUT2D eigenvalue weighted by Crippen LogP contribution is 2.33. The van der Waals surface area contributed by atoms with E-state index in [0.29, 0.717) is 5.69 Å². The van der Waals surface area contributed by atoms with E-state index < -0.39 is 34.6 Å². The van der Waals surface area contributed by atoms with Crippen LogP contribution in [0.2, 0.25) is 0 Å². The van der Waals surface area contributed by atoms with Gasteiger partial charge in [-0.15, -0.1) is 0 Å². The summed E-state index contributed by atoms with van der Waals surface area (Å²) in [6.45, 7) is 5.09. The molecule has 0 heterocycles. The lowest BCUT2D eigenvalue weighted by Gasteiger charge is -2.25. The van der Waals surface area contributed by atoms with Gasteiger partial charge < -0.3 is 20.0 Å². The van der Waals surface area contributed by atoms with Crippen molar-refractivity contribution in [2.45, 2.75) is 50.2 Å². The number of carboxylic acids is 1. The van der Waals surface area contributed by atoms with E-state index in [4.69, 9.17) is 9.84 Å². The van der Waals surface area contributed by atoms with Gasteiger partial charge in [-0.1, -0.05) is 49.4 Å². The highest BCUT2D eigenvalue weighted by Gasteiger charge is 2.27. The van der Waals surface area contributed by atoms with Crippen LogP contribution in [0, 0.1) is 0 Å². The maximum atomic E-state index is 13.1. The average molecular weight is 513 g/mol. The first-order valence-electron chi connectivity index (χ1n) is 11.3. The summed E-state index contributed by atoms with van der Waals surface area (Å²) in [6.07, 6.45) is -0.987. The van der Waals surface area contributed by atoms with Crippen LogP contribution in [-0.4, -0.2) is 43.8 Å². The van der Waals surface area contributed by atoms with E-state index in [0.717, 1.165) is 16.3 Å². The summed E-state index contributed by atoms with van der Waals surface area (Å²) in [6, 6.07) is 16.4. The molecular formula is C26H28N2O7S. The molecule has 0 fully saturated rings. The molecule has 1 amide bonds. The molecule has 0 spiro atoms. The second-order valence-corrected chi connectivity index (χ2v) is 10.2. The Balaban J connectivity index is 1.98. The number of rotatable bonds is 11. The summed E-state index contributed by atoms with van der Waals surface area (Å²) in [5.74, 6) is -1.88. The second-order valence-electron chi connectivity index (χ2n) is 8.48. The summed E-state index contributed by atoms with van der Waals surface area (Å²) < 4.78 is 34.5. The third-order valence-corrected chi connectivity index (χ3v) is 7.28. The van der Waals surface area contributed by atoms with Crippen LogP contribution in [0.1, 0.15) is 38.7 Å². The first-order valence-corrected chi connectivity index (χ1v) is 12.8. The lowest BCUT2D eigenvalue weighted by atomic mass is 9.91. The van der Waals surface area contributed by atoms with Crippen LogP contribution in [0.3, 0.4) is 0 Å². The van der Waals surface area contributed by atoms with E-state index in [1.807, 2.05) is 49.4 Å². The summed E-state index contributed by atoms with van der Waals surface area (Å²) in [5.41, 5.74) is 1.34. The number of fused-ring (bicyclic) bond motifs is 1.